The Morgan fingerprint density at radius 2 is 2.10 bits per heavy atom. The molecule has 0 radical (unpaired) electrons. The van der Waals surface area contributed by atoms with Gasteiger partial charge in [0.25, 0.3) is 0 Å². The first-order valence-corrected chi connectivity index (χ1v) is 9.11. The van der Waals surface area contributed by atoms with E-state index >= 15 is 0 Å². The molecule has 5 unspecified atom stereocenters. The van der Waals surface area contributed by atoms with Crippen molar-refractivity contribution in [3.05, 3.63) is 21.3 Å². The number of hydrogen-bond donors (Lipinski definition) is 1. The van der Waals surface area contributed by atoms with Gasteiger partial charge in [-0.15, -0.1) is 11.3 Å². The second-order valence-corrected chi connectivity index (χ2v) is 9.40. The van der Waals surface area contributed by atoms with Crippen molar-refractivity contribution in [3.63, 3.8) is 0 Å². The Morgan fingerprint density at radius 1 is 1.38 bits per heavy atom. The van der Waals surface area contributed by atoms with Gasteiger partial charge in [-0.05, 0) is 55.1 Å². The summed E-state index contributed by atoms with van der Waals surface area (Å²) in [7, 11) is 0. The van der Waals surface area contributed by atoms with Crippen LogP contribution >= 0.6 is 22.9 Å². The Balaban J connectivity index is 1.82. The molecular formula is C17H26ClNOS. The molecular weight excluding hydrogens is 302 g/mol. The van der Waals surface area contributed by atoms with Crippen LogP contribution in [-0.4, -0.2) is 12.1 Å². The predicted octanol–water partition coefficient (Wildman–Crippen LogP) is 5.02. The van der Waals surface area contributed by atoms with Crippen molar-refractivity contribution >= 4 is 22.9 Å². The highest BCUT2D eigenvalue weighted by molar-refractivity contribution is 7.16. The molecule has 0 amide bonds. The molecule has 2 aliphatic carbocycles. The van der Waals surface area contributed by atoms with E-state index in [0.717, 1.165) is 15.1 Å². The highest BCUT2D eigenvalue weighted by atomic mass is 35.5. The van der Waals surface area contributed by atoms with E-state index in [2.05, 4.69) is 26.8 Å². The molecule has 2 N–H and O–H groups in total. The van der Waals surface area contributed by atoms with Crippen LogP contribution in [-0.2, 0) is 4.74 Å². The first-order valence-electron chi connectivity index (χ1n) is 7.92. The predicted molar refractivity (Wildman–Crippen MR) is 89.8 cm³/mol. The third-order valence-corrected chi connectivity index (χ3v) is 7.67. The lowest BCUT2D eigenvalue weighted by Gasteiger charge is -2.40. The summed E-state index contributed by atoms with van der Waals surface area (Å²) in [6.45, 7) is 9.26. The van der Waals surface area contributed by atoms with E-state index in [1.165, 1.54) is 19.3 Å². The first-order chi connectivity index (χ1) is 9.75. The second kappa shape index (κ2) is 5.23. The summed E-state index contributed by atoms with van der Waals surface area (Å²) < 4.78 is 7.38. The molecule has 2 fully saturated rings. The SMILES string of the molecule is CC(N)C(OC1CC2CCC1(C)C2(C)C)c1ccc(Cl)s1. The molecule has 118 valence electrons. The molecule has 2 saturated carbocycles. The summed E-state index contributed by atoms with van der Waals surface area (Å²) in [6.07, 6.45) is 4.05. The smallest absolute Gasteiger partial charge is 0.107 e. The average Bonchev–Trinajstić information content (AvgIpc) is 2.96. The van der Waals surface area contributed by atoms with Crippen molar-refractivity contribution in [3.8, 4) is 0 Å². The van der Waals surface area contributed by atoms with Crippen LogP contribution in [0.2, 0.25) is 4.34 Å². The highest BCUT2D eigenvalue weighted by Gasteiger charge is 2.62. The summed E-state index contributed by atoms with van der Waals surface area (Å²) >= 11 is 7.67. The van der Waals surface area contributed by atoms with Crippen LogP contribution in [0.3, 0.4) is 0 Å². The monoisotopic (exact) mass is 327 g/mol. The Kier molecular flexibility index (Phi) is 3.93. The second-order valence-electron chi connectivity index (χ2n) is 7.66. The topological polar surface area (TPSA) is 35.2 Å². The highest BCUT2D eigenvalue weighted by Crippen LogP contribution is 2.66. The van der Waals surface area contributed by atoms with E-state index in [9.17, 15) is 0 Å². The molecule has 0 spiro atoms. The summed E-state index contributed by atoms with van der Waals surface area (Å²) in [5.74, 6) is 0.785. The van der Waals surface area contributed by atoms with Crippen LogP contribution in [0.25, 0.3) is 0 Å². The minimum atomic E-state index is -0.0422. The normalized spacial score (nSPS) is 36.9. The van der Waals surface area contributed by atoms with E-state index in [0.29, 0.717) is 11.5 Å². The van der Waals surface area contributed by atoms with E-state index in [1.807, 2.05) is 13.0 Å². The third kappa shape index (κ3) is 2.37. The van der Waals surface area contributed by atoms with Gasteiger partial charge in [0.15, 0.2) is 0 Å². The minimum Gasteiger partial charge on any atom is -0.367 e. The van der Waals surface area contributed by atoms with Gasteiger partial charge in [0, 0.05) is 10.9 Å². The number of thiophene rings is 1. The van der Waals surface area contributed by atoms with Gasteiger partial charge in [-0.3, -0.25) is 0 Å². The van der Waals surface area contributed by atoms with Crippen molar-refractivity contribution in [2.45, 2.75) is 65.2 Å². The molecule has 2 bridgehead atoms. The molecule has 5 atom stereocenters. The van der Waals surface area contributed by atoms with Gasteiger partial charge >= 0.3 is 0 Å². The summed E-state index contributed by atoms with van der Waals surface area (Å²) in [4.78, 5) is 1.15. The van der Waals surface area contributed by atoms with E-state index in [1.54, 1.807) is 11.3 Å². The third-order valence-electron chi connectivity index (χ3n) is 6.38. The van der Waals surface area contributed by atoms with Crippen molar-refractivity contribution < 1.29 is 4.74 Å². The van der Waals surface area contributed by atoms with Crippen LogP contribution in [0.15, 0.2) is 12.1 Å². The van der Waals surface area contributed by atoms with Gasteiger partial charge in [0.2, 0.25) is 0 Å². The lowest BCUT2D eigenvalue weighted by molar-refractivity contribution is -0.0931. The largest absolute Gasteiger partial charge is 0.367 e. The standard InChI is InChI=1S/C17H26ClNOS/c1-10(19)15(12-5-6-14(18)21-12)20-13-9-11-7-8-17(13,4)16(11,2)3/h5-6,10-11,13,15H,7-9,19H2,1-4H3. The Bertz CT molecular complexity index is 527. The first kappa shape index (κ1) is 15.8. The molecule has 4 heteroatoms. The number of ether oxygens (including phenoxy) is 1. The molecule has 0 aromatic carbocycles. The van der Waals surface area contributed by atoms with Gasteiger partial charge in [-0.25, -0.2) is 0 Å². The van der Waals surface area contributed by atoms with E-state index in [-0.39, 0.29) is 17.6 Å². The Labute approximate surface area is 137 Å². The fraction of sp³-hybridized carbons (Fsp3) is 0.765. The number of hydrogen-bond acceptors (Lipinski definition) is 3. The number of halogens is 1. The molecule has 0 saturated heterocycles. The van der Waals surface area contributed by atoms with Gasteiger partial charge in [-0.1, -0.05) is 32.4 Å². The zero-order valence-electron chi connectivity index (χ0n) is 13.4. The van der Waals surface area contributed by atoms with Crippen molar-refractivity contribution in [2.75, 3.05) is 0 Å². The lowest BCUT2D eigenvalue weighted by atomic mass is 9.70. The average molecular weight is 328 g/mol. The Morgan fingerprint density at radius 3 is 2.52 bits per heavy atom. The molecule has 2 aliphatic rings. The van der Waals surface area contributed by atoms with Gasteiger partial charge in [-0.2, -0.15) is 0 Å². The van der Waals surface area contributed by atoms with Crippen LogP contribution < -0.4 is 5.73 Å². The number of nitrogens with two attached hydrogens (primary N) is 1. The maximum Gasteiger partial charge on any atom is 0.107 e. The number of fused-ring (bicyclic) bond motifs is 2. The molecule has 2 nitrogen and oxygen atoms in total. The quantitative estimate of drug-likeness (QED) is 0.842. The molecule has 1 aromatic rings. The van der Waals surface area contributed by atoms with E-state index < -0.39 is 0 Å². The molecule has 3 rings (SSSR count). The molecule has 1 heterocycles. The summed E-state index contributed by atoms with van der Waals surface area (Å²) in [6, 6.07) is 3.97. The summed E-state index contributed by atoms with van der Waals surface area (Å²) in [5.41, 5.74) is 6.84. The fourth-order valence-corrected chi connectivity index (χ4v) is 5.66. The van der Waals surface area contributed by atoms with Crippen molar-refractivity contribution in [1.29, 1.82) is 0 Å². The van der Waals surface area contributed by atoms with Crippen LogP contribution in [0.4, 0.5) is 0 Å². The zero-order chi connectivity index (χ0) is 15.4. The van der Waals surface area contributed by atoms with Crippen LogP contribution in [0.5, 0.6) is 0 Å². The lowest BCUT2D eigenvalue weighted by Crippen LogP contribution is -2.40. The molecule has 1 aromatic heterocycles. The maximum absolute atomic E-state index is 6.57. The van der Waals surface area contributed by atoms with Gasteiger partial charge in [0.05, 0.1) is 10.4 Å². The van der Waals surface area contributed by atoms with Crippen molar-refractivity contribution in [1.82, 2.24) is 0 Å². The number of rotatable bonds is 4. The van der Waals surface area contributed by atoms with Crippen LogP contribution in [0, 0.1) is 16.7 Å². The zero-order valence-corrected chi connectivity index (χ0v) is 14.9. The van der Waals surface area contributed by atoms with Gasteiger partial charge < -0.3 is 10.5 Å². The van der Waals surface area contributed by atoms with E-state index in [4.69, 9.17) is 22.1 Å². The Hall–Kier alpha value is -0.0900. The molecule has 0 aliphatic heterocycles. The minimum absolute atomic E-state index is 0.0226. The van der Waals surface area contributed by atoms with Crippen LogP contribution in [0.1, 0.15) is 57.9 Å². The molecule has 21 heavy (non-hydrogen) atoms. The van der Waals surface area contributed by atoms with Crippen molar-refractivity contribution in [2.24, 2.45) is 22.5 Å². The fourth-order valence-electron chi connectivity index (χ4n) is 4.44. The summed E-state index contributed by atoms with van der Waals surface area (Å²) in [5, 5.41) is 0. The van der Waals surface area contributed by atoms with Gasteiger partial charge in [0.1, 0.15) is 6.10 Å². The maximum atomic E-state index is 6.57.